The minimum absolute atomic E-state index is 0.210. The summed E-state index contributed by atoms with van der Waals surface area (Å²) in [6, 6.07) is 12.5. The van der Waals surface area contributed by atoms with E-state index in [0.717, 1.165) is 49.0 Å². The molecule has 2 heterocycles. The Balaban J connectivity index is 1.24. The zero-order valence-corrected chi connectivity index (χ0v) is 17.2. The molecular weight excluding hydrogens is 406 g/mol. The van der Waals surface area contributed by atoms with Crippen LogP contribution in [0.25, 0.3) is 11.3 Å². The standard InChI is InChI=1S/C22H22F2N4OS/c23-17-7-5-16(6-8-17)20-15-30-22(26-20)14-28-11-9-27(10-12-28)13-21(29)25-19-4-2-1-3-18(19)24/h1-8,15H,9-14H2,(H,25,29). The van der Waals surface area contributed by atoms with Gasteiger partial charge in [-0.15, -0.1) is 11.3 Å². The second-order valence-corrected chi connectivity index (χ2v) is 8.16. The number of aromatic nitrogens is 1. The van der Waals surface area contributed by atoms with E-state index in [1.165, 1.54) is 18.2 Å². The van der Waals surface area contributed by atoms with Crippen LogP contribution in [-0.2, 0) is 11.3 Å². The molecular formula is C22H22F2N4OS. The summed E-state index contributed by atoms with van der Waals surface area (Å²) in [6.07, 6.45) is 0. The highest BCUT2D eigenvalue weighted by Gasteiger charge is 2.20. The largest absolute Gasteiger partial charge is 0.322 e. The number of para-hydroxylation sites is 1. The van der Waals surface area contributed by atoms with Crippen LogP contribution >= 0.6 is 11.3 Å². The number of thiazole rings is 1. The molecule has 1 N–H and O–H groups in total. The van der Waals surface area contributed by atoms with Crippen molar-refractivity contribution < 1.29 is 13.6 Å². The Hall–Kier alpha value is -2.68. The number of piperazine rings is 1. The fourth-order valence-corrected chi connectivity index (χ4v) is 4.23. The highest BCUT2D eigenvalue weighted by Crippen LogP contribution is 2.23. The van der Waals surface area contributed by atoms with E-state index in [-0.39, 0.29) is 24.0 Å². The molecule has 1 aliphatic rings. The Bertz CT molecular complexity index is 1000. The van der Waals surface area contributed by atoms with Crippen LogP contribution in [-0.4, -0.2) is 53.4 Å². The molecule has 1 aromatic heterocycles. The lowest BCUT2D eigenvalue weighted by Gasteiger charge is -2.33. The Labute approximate surface area is 178 Å². The number of benzene rings is 2. The van der Waals surface area contributed by atoms with Crippen LogP contribution in [0, 0.1) is 11.6 Å². The number of hydrogen-bond donors (Lipinski definition) is 1. The van der Waals surface area contributed by atoms with Gasteiger partial charge in [-0.2, -0.15) is 0 Å². The first-order valence-corrected chi connectivity index (χ1v) is 10.6. The Morgan fingerprint density at radius 1 is 1.00 bits per heavy atom. The predicted octanol–water partition coefficient (Wildman–Crippen LogP) is 3.84. The van der Waals surface area contributed by atoms with Crippen LogP contribution in [0.1, 0.15) is 5.01 Å². The fourth-order valence-electron chi connectivity index (χ4n) is 3.39. The van der Waals surface area contributed by atoms with Crippen molar-refractivity contribution in [1.82, 2.24) is 14.8 Å². The second kappa shape index (κ2) is 9.42. The summed E-state index contributed by atoms with van der Waals surface area (Å²) in [5, 5.41) is 5.64. The smallest absolute Gasteiger partial charge is 0.238 e. The number of hydrogen-bond acceptors (Lipinski definition) is 5. The number of anilines is 1. The van der Waals surface area contributed by atoms with E-state index < -0.39 is 5.82 Å². The van der Waals surface area contributed by atoms with Crippen molar-refractivity contribution in [1.29, 1.82) is 0 Å². The number of halogens is 2. The first kappa shape index (κ1) is 20.6. The molecule has 0 saturated carbocycles. The lowest BCUT2D eigenvalue weighted by atomic mass is 10.2. The van der Waals surface area contributed by atoms with Crippen molar-refractivity contribution in [3.8, 4) is 11.3 Å². The second-order valence-electron chi connectivity index (χ2n) is 7.21. The molecule has 3 aromatic rings. The SMILES string of the molecule is O=C(CN1CCN(Cc2nc(-c3ccc(F)cc3)cs2)CC1)Nc1ccccc1F. The third-order valence-corrected chi connectivity index (χ3v) is 5.86. The monoisotopic (exact) mass is 428 g/mol. The van der Waals surface area contributed by atoms with Gasteiger partial charge in [0.1, 0.15) is 16.6 Å². The number of carbonyl (C=O) groups excluding carboxylic acids is 1. The highest BCUT2D eigenvalue weighted by molar-refractivity contribution is 7.09. The molecule has 2 aromatic carbocycles. The van der Waals surface area contributed by atoms with Gasteiger partial charge >= 0.3 is 0 Å². The van der Waals surface area contributed by atoms with E-state index >= 15 is 0 Å². The normalized spacial score (nSPS) is 15.3. The van der Waals surface area contributed by atoms with E-state index in [9.17, 15) is 13.6 Å². The highest BCUT2D eigenvalue weighted by atomic mass is 32.1. The third-order valence-electron chi connectivity index (χ3n) is 5.03. The van der Waals surface area contributed by atoms with Gasteiger partial charge in [0.05, 0.1) is 24.5 Å². The van der Waals surface area contributed by atoms with Crippen molar-refractivity contribution in [3.63, 3.8) is 0 Å². The summed E-state index contributed by atoms with van der Waals surface area (Å²) >= 11 is 1.60. The van der Waals surface area contributed by atoms with Crippen LogP contribution < -0.4 is 5.32 Å². The molecule has 30 heavy (non-hydrogen) atoms. The predicted molar refractivity (Wildman–Crippen MR) is 114 cm³/mol. The van der Waals surface area contributed by atoms with Crippen LogP contribution in [0.4, 0.5) is 14.5 Å². The summed E-state index contributed by atoms with van der Waals surface area (Å²) in [4.78, 5) is 21.2. The van der Waals surface area contributed by atoms with E-state index in [1.807, 2.05) is 5.38 Å². The van der Waals surface area contributed by atoms with Crippen LogP contribution in [0.3, 0.4) is 0 Å². The molecule has 0 radical (unpaired) electrons. The first-order chi connectivity index (χ1) is 14.6. The van der Waals surface area contributed by atoms with E-state index in [2.05, 4.69) is 20.1 Å². The summed E-state index contributed by atoms with van der Waals surface area (Å²) in [5.41, 5.74) is 1.98. The van der Waals surface area contributed by atoms with E-state index in [4.69, 9.17) is 0 Å². The molecule has 5 nitrogen and oxygen atoms in total. The van der Waals surface area contributed by atoms with Gasteiger partial charge in [0, 0.05) is 37.1 Å². The van der Waals surface area contributed by atoms with Gasteiger partial charge in [0.15, 0.2) is 0 Å². The topological polar surface area (TPSA) is 48.5 Å². The minimum Gasteiger partial charge on any atom is -0.322 e. The summed E-state index contributed by atoms with van der Waals surface area (Å²) in [6.45, 7) is 4.19. The maximum atomic E-state index is 13.7. The van der Waals surface area contributed by atoms with Crippen molar-refractivity contribution in [2.75, 3.05) is 38.0 Å². The molecule has 0 bridgehead atoms. The van der Waals surface area contributed by atoms with Crippen LogP contribution in [0.5, 0.6) is 0 Å². The zero-order valence-electron chi connectivity index (χ0n) is 16.4. The molecule has 156 valence electrons. The molecule has 4 rings (SSSR count). The average Bonchev–Trinajstić information content (AvgIpc) is 3.20. The van der Waals surface area contributed by atoms with Gasteiger partial charge in [0.25, 0.3) is 0 Å². The van der Waals surface area contributed by atoms with Gasteiger partial charge in [-0.3, -0.25) is 14.6 Å². The molecule has 0 unspecified atom stereocenters. The molecule has 0 spiro atoms. The molecule has 8 heteroatoms. The molecule has 1 aliphatic heterocycles. The van der Waals surface area contributed by atoms with Gasteiger partial charge in [-0.05, 0) is 36.4 Å². The van der Waals surface area contributed by atoms with Gasteiger partial charge in [0.2, 0.25) is 5.91 Å². The molecule has 0 aliphatic carbocycles. The van der Waals surface area contributed by atoms with Crippen molar-refractivity contribution in [3.05, 3.63) is 70.6 Å². The van der Waals surface area contributed by atoms with E-state index in [0.29, 0.717) is 0 Å². The molecule has 1 saturated heterocycles. The van der Waals surface area contributed by atoms with Crippen molar-refractivity contribution in [2.24, 2.45) is 0 Å². The Morgan fingerprint density at radius 2 is 1.70 bits per heavy atom. The van der Waals surface area contributed by atoms with Crippen LogP contribution in [0.2, 0.25) is 0 Å². The number of amides is 1. The van der Waals surface area contributed by atoms with Gasteiger partial charge < -0.3 is 5.32 Å². The Morgan fingerprint density at radius 3 is 2.43 bits per heavy atom. The maximum absolute atomic E-state index is 13.7. The molecule has 0 atom stereocenters. The molecule has 1 fully saturated rings. The third kappa shape index (κ3) is 5.27. The number of rotatable bonds is 6. The zero-order chi connectivity index (χ0) is 20.9. The fraction of sp³-hybridized carbons (Fsp3) is 0.273. The number of nitrogens with one attached hydrogen (secondary N) is 1. The summed E-state index contributed by atoms with van der Waals surface area (Å²) in [5.74, 6) is -0.897. The van der Waals surface area contributed by atoms with Gasteiger partial charge in [-0.1, -0.05) is 12.1 Å². The Kier molecular flexibility index (Phi) is 6.47. The maximum Gasteiger partial charge on any atom is 0.238 e. The van der Waals surface area contributed by atoms with Crippen molar-refractivity contribution in [2.45, 2.75) is 6.54 Å². The lowest BCUT2D eigenvalue weighted by Crippen LogP contribution is -2.48. The van der Waals surface area contributed by atoms with E-state index in [1.54, 1.807) is 41.7 Å². The summed E-state index contributed by atoms with van der Waals surface area (Å²) < 4.78 is 26.7. The molecule has 1 amide bonds. The van der Waals surface area contributed by atoms with Crippen molar-refractivity contribution >= 4 is 22.9 Å². The van der Waals surface area contributed by atoms with Crippen LogP contribution in [0.15, 0.2) is 53.9 Å². The number of nitrogens with zero attached hydrogens (tertiary/aromatic N) is 3. The van der Waals surface area contributed by atoms with Gasteiger partial charge in [-0.25, -0.2) is 13.8 Å². The quantitative estimate of drug-likeness (QED) is 0.648. The first-order valence-electron chi connectivity index (χ1n) is 9.76. The average molecular weight is 429 g/mol. The lowest BCUT2D eigenvalue weighted by molar-refractivity contribution is -0.117. The number of carbonyl (C=O) groups is 1. The summed E-state index contributed by atoms with van der Waals surface area (Å²) in [7, 11) is 0. The minimum atomic E-state index is -0.431.